The van der Waals surface area contributed by atoms with E-state index in [4.69, 9.17) is 5.26 Å². The van der Waals surface area contributed by atoms with Crippen LogP contribution in [0.25, 0.3) is 5.69 Å². The summed E-state index contributed by atoms with van der Waals surface area (Å²) in [6, 6.07) is 3.22. The quantitative estimate of drug-likeness (QED) is 0.833. The van der Waals surface area contributed by atoms with Gasteiger partial charge in [-0.15, -0.1) is 0 Å². The number of aromatic nitrogens is 2. The summed E-state index contributed by atoms with van der Waals surface area (Å²) < 4.78 is 27.4. The fourth-order valence-electron chi connectivity index (χ4n) is 1.61. The van der Waals surface area contributed by atoms with E-state index < -0.39 is 22.9 Å². The number of hydrogen-bond acceptors (Lipinski definition) is 3. The van der Waals surface area contributed by atoms with Crippen molar-refractivity contribution in [2.45, 2.75) is 6.92 Å². The first-order valence-electron chi connectivity index (χ1n) is 5.16. The molecule has 2 rings (SSSR count). The fourth-order valence-corrected chi connectivity index (χ4v) is 1.61. The van der Waals surface area contributed by atoms with Gasteiger partial charge >= 0.3 is 5.69 Å². The highest BCUT2D eigenvalue weighted by Gasteiger charge is 2.12. The van der Waals surface area contributed by atoms with E-state index in [0.717, 1.165) is 16.8 Å². The third-order valence-electron chi connectivity index (χ3n) is 2.60. The van der Waals surface area contributed by atoms with Crippen LogP contribution < -0.4 is 11.2 Å². The van der Waals surface area contributed by atoms with E-state index in [-0.39, 0.29) is 16.8 Å². The molecule has 1 N–H and O–H groups in total. The van der Waals surface area contributed by atoms with Gasteiger partial charge in [-0.05, 0) is 13.0 Å². The lowest BCUT2D eigenvalue weighted by atomic mass is 10.2. The molecule has 2 aromatic rings. The van der Waals surface area contributed by atoms with Gasteiger partial charge in [0.2, 0.25) is 0 Å². The van der Waals surface area contributed by atoms with Gasteiger partial charge in [0.25, 0.3) is 5.56 Å². The van der Waals surface area contributed by atoms with E-state index in [2.05, 4.69) is 0 Å². The lowest BCUT2D eigenvalue weighted by Crippen LogP contribution is -2.30. The minimum atomic E-state index is -0.878. The normalized spacial score (nSPS) is 10.2. The molecule has 0 saturated carbocycles. The second-order valence-corrected chi connectivity index (χ2v) is 3.82. The van der Waals surface area contributed by atoms with Crippen LogP contribution in [0.15, 0.2) is 27.9 Å². The van der Waals surface area contributed by atoms with Crippen LogP contribution in [-0.4, -0.2) is 9.55 Å². The van der Waals surface area contributed by atoms with E-state index in [9.17, 15) is 18.4 Å². The lowest BCUT2D eigenvalue weighted by molar-refractivity contribution is 0.574. The number of halogens is 2. The summed E-state index contributed by atoms with van der Waals surface area (Å²) in [6.45, 7) is 1.35. The van der Waals surface area contributed by atoms with Crippen LogP contribution in [-0.2, 0) is 0 Å². The Morgan fingerprint density at radius 3 is 2.63 bits per heavy atom. The highest BCUT2D eigenvalue weighted by atomic mass is 19.1. The molecule has 0 aliphatic rings. The zero-order chi connectivity index (χ0) is 14.2. The summed E-state index contributed by atoms with van der Waals surface area (Å²) in [5.41, 5.74) is -2.10. The van der Waals surface area contributed by atoms with Crippen molar-refractivity contribution in [2.24, 2.45) is 0 Å². The molecule has 0 radical (unpaired) electrons. The number of nitrogens with one attached hydrogen (secondary N) is 1. The van der Waals surface area contributed by atoms with Crippen molar-refractivity contribution >= 4 is 0 Å². The Hall–Kier alpha value is -2.75. The second kappa shape index (κ2) is 4.49. The molecule has 0 saturated heterocycles. The highest BCUT2D eigenvalue weighted by molar-refractivity contribution is 5.42. The van der Waals surface area contributed by atoms with Crippen molar-refractivity contribution in [3.05, 3.63) is 61.9 Å². The number of H-pyrrole nitrogens is 1. The van der Waals surface area contributed by atoms with E-state index >= 15 is 0 Å². The SMILES string of the molecule is Cc1c(F)cc(F)cc1-n1cc(C#N)c(=O)[nH]c1=O. The summed E-state index contributed by atoms with van der Waals surface area (Å²) in [7, 11) is 0. The summed E-state index contributed by atoms with van der Waals surface area (Å²) in [5, 5.41) is 8.73. The lowest BCUT2D eigenvalue weighted by Gasteiger charge is -2.09. The number of nitriles is 1. The van der Waals surface area contributed by atoms with Gasteiger partial charge in [-0.1, -0.05) is 0 Å². The van der Waals surface area contributed by atoms with Gasteiger partial charge in [-0.3, -0.25) is 14.3 Å². The molecule has 0 atom stereocenters. The number of aromatic amines is 1. The molecule has 0 bridgehead atoms. The largest absolute Gasteiger partial charge is 0.332 e. The van der Waals surface area contributed by atoms with Crippen molar-refractivity contribution in [1.82, 2.24) is 9.55 Å². The summed E-state index contributed by atoms with van der Waals surface area (Å²) in [4.78, 5) is 24.8. The van der Waals surface area contributed by atoms with Crippen LogP contribution in [0.3, 0.4) is 0 Å². The monoisotopic (exact) mass is 263 g/mol. The van der Waals surface area contributed by atoms with Gasteiger partial charge < -0.3 is 0 Å². The molecule has 1 aromatic heterocycles. The van der Waals surface area contributed by atoms with E-state index in [1.165, 1.54) is 6.92 Å². The number of hydrogen-bond donors (Lipinski definition) is 1. The minimum absolute atomic E-state index is 0.0273. The maximum atomic E-state index is 13.4. The molecule has 96 valence electrons. The molecule has 0 unspecified atom stereocenters. The van der Waals surface area contributed by atoms with Crippen LogP contribution in [0.4, 0.5) is 8.78 Å². The van der Waals surface area contributed by atoms with Gasteiger partial charge in [0, 0.05) is 17.8 Å². The first-order valence-corrected chi connectivity index (χ1v) is 5.16. The van der Waals surface area contributed by atoms with Gasteiger partial charge in [-0.25, -0.2) is 13.6 Å². The highest BCUT2D eigenvalue weighted by Crippen LogP contribution is 2.17. The average molecular weight is 263 g/mol. The zero-order valence-electron chi connectivity index (χ0n) is 9.70. The van der Waals surface area contributed by atoms with E-state index in [1.807, 2.05) is 4.98 Å². The first-order chi connectivity index (χ1) is 8.93. The second-order valence-electron chi connectivity index (χ2n) is 3.82. The predicted molar refractivity (Wildman–Crippen MR) is 62.0 cm³/mol. The van der Waals surface area contributed by atoms with Crippen LogP contribution in [0.1, 0.15) is 11.1 Å². The summed E-state index contributed by atoms with van der Waals surface area (Å²) in [6.07, 6.45) is 0.947. The van der Waals surface area contributed by atoms with Crippen LogP contribution in [0.2, 0.25) is 0 Å². The smallest absolute Gasteiger partial charge is 0.273 e. The van der Waals surface area contributed by atoms with E-state index in [1.54, 1.807) is 6.07 Å². The average Bonchev–Trinajstić information content (AvgIpc) is 2.34. The molecule has 1 aromatic carbocycles. The molecular formula is C12H7F2N3O2. The summed E-state index contributed by atoms with van der Waals surface area (Å²) >= 11 is 0. The van der Waals surface area contributed by atoms with Crippen LogP contribution in [0, 0.1) is 29.9 Å². The third kappa shape index (κ3) is 2.15. The molecule has 0 aliphatic heterocycles. The Morgan fingerprint density at radius 2 is 2.00 bits per heavy atom. The molecule has 0 aliphatic carbocycles. The Morgan fingerprint density at radius 1 is 1.32 bits per heavy atom. The van der Waals surface area contributed by atoms with Crippen molar-refractivity contribution in [3.63, 3.8) is 0 Å². The Balaban J connectivity index is 2.84. The maximum Gasteiger partial charge on any atom is 0.332 e. The Kier molecular flexibility index (Phi) is 3.00. The zero-order valence-corrected chi connectivity index (χ0v) is 9.70. The number of rotatable bonds is 1. The van der Waals surface area contributed by atoms with Crippen molar-refractivity contribution in [2.75, 3.05) is 0 Å². The minimum Gasteiger partial charge on any atom is -0.273 e. The molecular weight excluding hydrogens is 256 g/mol. The van der Waals surface area contributed by atoms with Crippen molar-refractivity contribution < 1.29 is 8.78 Å². The third-order valence-corrected chi connectivity index (χ3v) is 2.60. The molecule has 0 spiro atoms. The van der Waals surface area contributed by atoms with Crippen molar-refractivity contribution in [3.8, 4) is 11.8 Å². The van der Waals surface area contributed by atoms with Gasteiger partial charge in [-0.2, -0.15) is 5.26 Å². The number of nitrogens with zero attached hydrogens (tertiary/aromatic N) is 2. The van der Waals surface area contributed by atoms with Gasteiger partial charge in [0.15, 0.2) is 0 Å². The van der Waals surface area contributed by atoms with E-state index in [0.29, 0.717) is 6.07 Å². The summed E-state index contributed by atoms with van der Waals surface area (Å²) in [5.74, 6) is -1.69. The molecule has 0 fully saturated rings. The Bertz CT molecular complexity index is 815. The standard InChI is InChI=1S/C12H7F2N3O2/c1-6-9(14)2-8(13)3-10(6)17-5-7(4-15)11(18)16-12(17)19/h2-3,5H,1H3,(H,16,18,19). The number of benzene rings is 1. The van der Waals surface area contributed by atoms with Crippen LogP contribution in [0.5, 0.6) is 0 Å². The Labute approximate surface area is 105 Å². The molecule has 0 amide bonds. The van der Waals surface area contributed by atoms with Gasteiger partial charge in [0.05, 0.1) is 5.69 Å². The molecule has 5 nitrogen and oxygen atoms in total. The molecule has 1 heterocycles. The fraction of sp³-hybridized carbons (Fsp3) is 0.0833. The van der Waals surface area contributed by atoms with Gasteiger partial charge in [0.1, 0.15) is 23.3 Å². The predicted octanol–water partition coefficient (Wildman–Crippen LogP) is 0.984. The maximum absolute atomic E-state index is 13.4. The topological polar surface area (TPSA) is 78.7 Å². The van der Waals surface area contributed by atoms with Crippen molar-refractivity contribution in [1.29, 1.82) is 5.26 Å². The van der Waals surface area contributed by atoms with Crippen LogP contribution >= 0.6 is 0 Å². The molecule has 19 heavy (non-hydrogen) atoms. The molecule has 7 heteroatoms. The first kappa shape index (κ1) is 12.7.